The molecule has 0 bridgehead atoms. The molecule has 1 atom stereocenters. The molecule has 1 unspecified atom stereocenters. The second-order valence-corrected chi connectivity index (χ2v) is 7.05. The average Bonchev–Trinajstić information content (AvgIpc) is 3.18. The summed E-state index contributed by atoms with van der Waals surface area (Å²) in [7, 11) is 0. The van der Waals surface area contributed by atoms with Crippen molar-refractivity contribution in [3.05, 3.63) is 28.8 Å². The van der Waals surface area contributed by atoms with Gasteiger partial charge >= 0.3 is 0 Å². The lowest BCUT2D eigenvalue weighted by Gasteiger charge is -2.26. The van der Waals surface area contributed by atoms with Crippen LogP contribution >= 0.6 is 0 Å². The van der Waals surface area contributed by atoms with Gasteiger partial charge in [0.1, 0.15) is 5.75 Å². The Kier molecular flexibility index (Phi) is 4.40. The summed E-state index contributed by atoms with van der Waals surface area (Å²) in [5, 5.41) is 0. The first-order chi connectivity index (χ1) is 9.32. The van der Waals surface area contributed by atoms with E-state index in [9.17, 15) is 0 Å². The van der Waals surface area contributed by atoms with E-state index in [4.69, 9.17) is 16.2 Å². The van der Waals surface area contributed by atoms with E-state index in [-0.39, 0.29) is 11.5 Å². The summed E-state index contributed by atoms with van der Waals surface area (Å²) in [5.41, 5.74) is 15.4. The van der Waals surface area contributed by atoms with Gasteiger partial charge < -0.3 is 16.2 Å². The fourth-order valence-corrected chi connectivity index (χ4v) is 2.42. The molecule has 3 heteroatoms. The third-order valence-electron chi connectivity index (χ3n) is 4.00. The summed E-state index contributed by atoms with van der Waals surface area (Å²) in [4.78, 5) is 0. The summed E-state index contributed by atoms with van der Waals surface area (Å²) in [6.07, 6.45) is 2.61. The Balaban J connectivity index is 2.35. The van der Waals surface area contributed by atoms with Crippen LogP contribution in [0.2, 0.25) is 0 Å². The molecule has 0 saturated heterocycles. The van der Waals surface area contributed by atoms with E-state index >= 15 is 0 Å². The molecule has 1 aliphatic carbocycles. The van der Waals surface area contributed by atoms with Gasteiger partial charge in [-0.25, -0.2) is 0 Å². The molecule has 0 spiro atoms. The van der Waals surface area contributed by atoms with Crippen molar-refractivity contribution in [1.29, 1.82) is 0 Å². The molecular formula is C17H28N2O. The Morgan fingerprint density at radius 1 is 1.30 bits per heavy atom. The smallest absolute Gasteiger partial charge is 0.123 e. The van der Waals surface area contributed by atoms with Crippen LogP contribution in [0.25, 0.3) is 0 Å². The van der Waals surface area contributed by atoms with Crippen LogP contribution in [0.15, 0.2) is 12.1 Å². The van der Waals surface area contributed by atoms with Gasteiger partial charge in [0.15, 0.2) is 0 Å². The van der Waals surface area contributed by atoms with Crippen LogP contribution in [0.3, 0.4) is 0 Å². The van der Waals surface area contributed by atoms with Crippen LogP contribution < -0.4 is 16.2 Å². The molecule has 2 rings (SSSR count). The van der Waals surface area contributed by atoms with E-state index in [1.54, 1.807) is 0 Å². The highest BCUT2D eigenvalue weighted by Gasteiger charge is 2.25. The van der Waals surface area contributed by atoms with E-state index in [1.807, 2.05) is 0 Å². The number of hydrogen-bond acceptors (Lipinski definition) is 3. The highest BCUT2D eigenvalue weighted by molar-refractivity contribution is 5.46. The molecule has 1 aromatic rings. The topological polar surface area (TPSA) is 61.3 Å². The minimum Gasteiger partial charge on any atom is -0.493 e. The molecule has 3 nitrogen and oxygen atoms in total. The quantitative estimate of drug-likeness (QED) is 0.869. The van der Waals surface area contributed by atoms with Gasteiger partial charge in [0.25, 0.3) is 0 Å². The zero-order chi connectivity index (χ0) is 14.9. The molecule has 20 heavy (non-hydrogen) atoms. The molecule has 1 aliphatic rings. The van der Waals surface area contributed by atoms with E-state index in [0.717, 1.165) is 23.8 Å². The van der Waals surface area contributed by atoms with Gasteiger partial charge in [0.2, 0.25) is 0 Å². The molecule has 4 N–H and O–H groups in total. The number of aryl methyl sites for hydroxylation is 1. The van der Waals surface area contributed by atoms with E-state index in [1.165, 1.54) is 24.0 Å². The van der Waals surface area contributed by atoms with Crippen LogP contribution in [0.4, 0.5) is 0 Å². The van der Waals surface area contributed by atoms with Crippen molar-refractivity contribution < 1.29 is 4.74 Å². The molecule has 1 fully saturated rings. The van der Waals surface area contributed by atoms with Crippen molar-refractivity contribution in [1.82, 2.24) is 0 Å². The van der Waals surface area contributed by atoms with Crippen molar-refractivity contribution in [3.8, 4) is 5.75 Å². The molecule has 1 aromatic carbocycles. The van der Waals surface area contributed by atoms with Crippen LogP contribution in [0.5, 0.6) is 5.75 Å². The molecule has 112 valence electrons. The number of rotatable bonds is 5. The SMILES string of the molecule is Cc1cc(OCC2CC2)c(C(C)(C)C)cc1C(N)CN. The summed E-state index contributed by atoms with van der Waals surface area (Å²) < 4.78 is 6.06. The Hall–Kier alpha value is -1.06. The van der Waals surface area contributed by atoms with Crippen molar-refractivity contribution >= 4 is 0 Å². The van der Waals surface area contributed by atoms with E-state index < -0.39 is 0 Å². The number of hydrogen-bond donors (Lipinski definition) is 2. The number of benzene rings is 1. The van der Waals surface area contributed by atoms with Gasteiger partial charge in [0.05, 0.1) is 6.61 Å². The third kappa shape index (κ3) is 3.53. The standard InChI is InChI=1S/C17H28N2O/c1-11-7-16(20-10-12-5-6-12)14(17(2,3)4)8-13(11)15(19)9-18/h7-8,12,15H,5-6,9-10,18-19H2,1-4H3. The zero-order valence-electron chi connectivity index (χ0n) is 13.2. The fourth-order valence-electron chi connectivity index (χ4n) is 2.42. The van der Waals surface area contributed by atoms with Gasteiger partial charge in [-0.1, -0.05) is 20.8 Å². The van der Waals surface area contributed by atoms with E-state index in [2.05, 4.69) is 39.8 Å². The Bertz CT molecular complexity index is 473. The zero-order valence-corrected chi connectivity index (χ0v) is 13.2. The first-order valence-electron chi connectivity index (χ1n) is 7.56. The normalized spacial score (nSPS) is 17.1. The molecule has 0 amide bonds. The lowest BCUT2D eigenvalue weighted by Crippen LogP contribution is -2.23. The Labute approximate surface area is 122 Å². The highest BCUT2D eigenvalue weighted by Crippen LogP contribution is 2.37. The first kappa shape index (κ1) is 15.3. The third-order valence-corrected chi connectivity index (χ3v) is 4.00. The maximum Gasteiger partial charge on any atom is 0.123 e. The molecule has 0 aliphatic heterocycles. The van der Waals surface area contributed by atoms with Crippen molar-refractivity contribution in [3.63, 3.8) is 0 Å². The molecule has 0 aromatic heterocycles. The van der Waals surface area contributed by atoms with Gasteiger partial charge in [0, 0.05) is 12.6 Å². The summed E-state index contributed by atoms with van der Waals surface area (Å²) in [5.74, 6) is 1.77. The van der Waals surface area contributed by atoms with Crippen molar-refractivity contribution in [2.75, 3.05) is 13.2 Å². The van der Waals surface area contributed by atoms with Gasteiger partial charge in [-0.3, -0.25) is 0 Å². The predicted octanol–water partition coefficient (Wildman–Crippen LogP) is 3.04. The monoisotopic (exact) mass is 276 g/mol. The van der Waals surface area contributed by atoms with Crippen LogP contribution in [-0.4, -0.2) is 13.2 Å². The summed E-state index contributed by atoms with van der Waals surface area (Å²) in [6.45, 7) is 10.0. The second-order valence-electron chi connectivity index (χ2n) is 7.05. The fraction of sp³-hybridized carbons (Fsp3) is 0.647. The lowest BCUT2D eigenvalue weighted by atomic mass is 9.83. The number of ether oxygens (including phenoxy) is 1. The van der Waals surface area contributed by atoms with Crippen LogP contribution in [-0.2, 0) is 5.41 Å². The second kappa shape index (κ2) is 5.74. The van der Waals surface area contributed by atoms with Gasteiger partial charge in [-0.2, -0.15) is 0 Å². The van der Waals surface area contributed by atoms with Crippen molar-refractivity contribution in [2.45, 2.75) is 52.0 Å². The predicted molar refractivity (Wildman–Crippen MR) is 84.1 cm³/mol. The minimum atomic E-state index is -0.103. The average molecular weight is 276 g/mol. The van der Waals surface area contributed by atoms with E-state index in [0.29, 0.717) is 6.54 Å². The summed E-state index contributed by atoms with van der Waals surface area (Å²) >= 11 is 0. The van der Waals surface area contributed by atoms with Gasteiger partial charge in [-0.15, -0.1) is 0 Å². The first-order valence-corrected chi connectivity index (χ1v) is 7.56. The van der Waals surface area contributed by atoms with Crippen molar-refractivity contribution in [2.24, 2.45) is 17.4 Å². The molecular weight excluding hydrogens is 248 g/mol. The summed E-state index contributed by atoms with van der Waals surface area (Å²) in [6, 6.07) is 4.22. The minimum absolute atomic E-state index is 0.0374. The Morgan fingerprint density at radius 2 is 1.95 bits per heavy atom. The maximum atomic E-state index is 6.12. The molecule has 0 heterocycles. The number of nitrogens with two attached hydrogens (primary N) is 2. The molecule has 0 radical (unpaired) electrons. The molecule has 1 saturated carbocycles. The highest BCUT2D eigenvalue weighted by atomic mass is 16.5. The lowest BCUT2D eigenvalue weighted by molar-refractivity contribution is 0.291. The largest absolute Gasteiger partial charge is 0.493 e. The van der Waals surface area contributed by atoms with Gasteiger partial charge in [-0.05, 0) is 59.9 Å². The van der Waals surface area contributed by atoms with Crippen LogP contribution in [0, 0.1) is 12.8 Å². The van der Waals surface area contributed by atoms with Crippen LogP contribution in [0.1, 0.15) is 56.3 Å². The Morgan fingerprint density at radius 3 is 2.45 bits per heavy atom. The maximum absolute atomic E-state index is 6.12.